The highest BCUT2D eigenvalue weighted by Gasteiger charge is 2.21. The summed E-state index contributed by atoms with van der Waals surface area (Å²) < 4.78 is 11.1. The second-order valence-corrected chi connectivity index (χ2v) is 7.99. The maximum Gasteiger partial charge on any atom is 0.311 e. The van der Waals surface area contributed by atoms with Crippen LogP contribution in [0.4, 0.5) is 5.69 Å². The molecule has 1 heterocycles. The second kappa shape index (κ2) is 8.26. The first kappa shape index (κ1) is 20.7. The minimum Gasteiger partial charge on any atom is -0.464 e. The summed E-state index contributed by atoms with van der Waals surface area (Å²) in [4.78, 5) is 25.2. The van der Waals surface area contributed by atoms with Gasteiger partial charge in [0.2, 0.25) is 0 Å². The summed E-state index contributed by atoms with van der Waals surface area (Å²) in [5.41, 5.74) is 5.30. The third-order valence-corrected chi connectivity index (χ3v) is 5.48. The van der Waals surface area contributed by atoms with E-state index in [1.54, 1.807) is 13.2 Å². The highest BCUT2D eigenvalue weighted by atomic mass is 16.5. The summed E-state index contributed by atoms with van der Waals surface area (Å²) in [6.07, 6.45) is 0.700. The quantitative estimate of drug-likeness (QED) is 0.429. The molecule has 0 spiro atoms. The molecule has 0 unspecified atom stereocenters. The van der Waals surface area contributed by atoms with E-state index in [0.29, 0.717) is 0 Å². The zero-order valence-corrected chi connectivity index (χ0v) is 18.1. The van der Waals surface area contributed by atoms with Crippen LogP contribution < -0.4 is 5.32 Å². The predicted octanol–water partition coefficient (Wildman–Crippen LogP) is 5.62. The van der Waals surface area contributed by atoms with E-state index in [4.69, 9.17) is 9.15 Å². The van der Waals surface area contributed by atoms with Gasteiger partial charge >= 0.3 is 5.97 Å². The number of amides is 1. The van der Waals surface area contributed by atoms with Crippen molar-refractivity contribution in [3.05, 3.63) is 77.0 Å². The molecule has 0 radical (unpaired) electrons. The molecule has 5 heteroatoms. The van der Waals surface area contributed by atoms with Gasteiger partial charge in [-0.1, -0.05) is 48.0 Å². The minimum absolute atomic E-state index is 0.0290. The van der Waals surface area contributed by atoms with Gasteiger partial charge in [0.25, 0.3) is 5.91 Å². The topological polar surface area (TPSA) is 68.5 Å². The van der Waals surface area contributed by atoms with Crippen molar-refractivity contribution in [2.24, 2.45) is 0 Å². The van der Waals surface area contributed by atoms with Crippen molar-refractivity contribution in [1.82, 2.24) is 0 Å². The van der Waals surface area contributed by atoms with Crippen molar-refractivity contribution < 1.29 is 18.7 Å². The van der Waals surface area contributed by atoms with E-state index in [-0.39, 0.29) is 12.3 Å². The van der Waals surface area contributed by atoms with Crippen molar-refractivity contribution in [3.8, 4) is 0 Å². The van der Waals surface area contributed by atoms with Gasteiger partial charge in [0.15, 0.2) is 6.10 Å². The first-order valence-corrected chi connectivity index (χ1v) is 10.3. The number of hydrogen-bond donors (Lipinski definition) is 1. The smallest absolute Gasteiger partial charge is 0.311 e. The molecule has 1 amide bonds. The molecule has 3 aromatic carbocycles. The van der Waals surface area contributed by atoms with E-state index in [0.717, 1.165) is 49.7 Å². The lowest BCUT2D eigenvalue weighted by Gasteiger charge is -2.17. The van der Waals surface area contributed by atoms with Gasteiger partial charge in [-0.3, -0.25) is 9.59 Å². The van der Waals surface area contributed by atoms with Crippen molar-refractivity contribution in [2.75, 3.05) is 5.32 Å². The Hall–Kier alpha value is -3.60. The van der Waals surface area contributed by atoms with E-state index < -0.39 is 12.1 Å². The van der Waals surface area contributed by atoms with Crippen LogP contribution >= 0.6 is 0 Å². The van der Waals surface area contributed by atoms with Crippen molar-refractivity contribution >= 4 is 39.3 Å². The van der Waals surface area contributed by atoms with Gasteiger partial charge in [-0.05, 0) is 55.7 Å². The van der Waals surface area contributed by atoms with Gasteiger partial charge in [0.05, 0.1) is 12.7 Å². The number of esters is 1. The van der Waals surface area contributed by atoms with E-state index in [2.05, 4.69) is 5.32 Å². The first-order chi connectivity index (χ1) is 14.8. The fourth-order valence-electron chi connectivity index (χ4n) is 4.05. The Kier molecular flexibility index (Phi) is 5.51. The molecule has 1 aromatic heterocycles. The third-order valence-electron chi connectivity index (χ3n) is 5.48. The number of rotatable bonds is 5. The number of furan rings is 1. The average molecular weight is 415 g/mol. The highest BCUT2D eigenvalue weighted by Crippen LogP contribution is 2.30. The van der Waals surface area contributed by atoms with Crippen LogP contribution in [0.1, 0.15) is 29.2 Å². The van der Waals surface area contributed by atoms with Crippen LogP contribution in [-0.4, -0.2) is 18.0 Å². The Morgan fingerprint density at radius 3 is 2.48 bits per heavy atom. The van der Waals surface area contributed by atoms with Crippen LogP contribution in [0.25, 0.3) is 21.7 Å². The lowest BCUT2D eigenvalue weighted by Crippen LogP contribution is -2.31. The summed E-state index contributed by atoms with van der Waals surface area (Å²) in [7, 11) is 0. The van der Waals surface area contributed by atoms with Gasteiger partial charge in [0.1, 0.15) is 5.58 Å². The molecule has 0 aliphatic heterocycles. The standard InChI is InChI=1S/C26H25NO4/c1-15-11-16(2)25(17(3)12-15)27-26(29)18(4)31-23(28)13-20-14-30-22-10-9-19-7-5-6-8-21(19)24(20)22/h5-12,14,18H,13H2,1-4H3,(H,27,29)/t18-/m0/s1. The molecule has 5 nitrogen and oxygen atoms in total. The fraction of sp³-hybridized carbons (Fsp3) is 0.231. The van der Waals surface area contributed by atoms with Gasteiger partial charge < -0.3 is 14.5 Å². The zero-order chi connectivity index (χ0) is 22.1. The maximum atomic E-state index is 12.6. The second-order valence-electron chi connectivity index (χ2n) is 7.99. The van der Waals surface area contributed by atoms with Gasteiger partial charge in [-0.25, -0.2) is 0 Å². The zero-order valence-electron chi connectivity index (χ0n) is 18.1. The van der Waals surface area contributed by atoms with E-state index in [9.17, 15) is 9.59 Å². The number of anilines is 1. The number of benzene rings is 3. The molecule has 31 heavy (non-hydrogen) atoms. The number of carbonyl (C=O) groups excluding carboxylic acids is 2. The summed E-state index contributed by atoms with van der Waals surface area (Å²) in [6, 6.07) is 15.9. The van der Waals surface area contributed by atoms with Crippen molar-refractivity contribution in [3.63, 3.8) is 0 Å². The Labute approximate surface area is 181 Å². The van der Waals surface area contributed by atoms with Crippen LogP contribution in [0.15, 0.2) is 59.2 Å². The van der Waals surface area contributed by atoms with E-state index >= 15 is 0 Å². The molecule has 0 saturated heterocycles. The van der Waals surface area contributed by atoms with Crippen LogP contribution in [-0.2, 0) is 20.7 Å². The van der Waals surface area contributed by atoms with E-state index in [1.807, 2.05) is 69.3 Å². The van der Waals surface area contributed by atoms with Gasteiger partial charge in [-0.2, -0.15) is 0 Å². The van der Waals surface area contributed by atoms with Gasteiger partial charge in [-0.15, -0.1) is 0 Å². The number of fused-ring (bicyclic) bond motifs is 3. The first-order valence-electron chi connectivity index (χ1n) is 10.3. The Balaban J connectivity index is 1.48. The molecular formula is C26H25NO4. The average Bonchev–Trinajstić information content (AvgIpc) is 3.13. The molecule has 0 aliphatic rings. The Bertz CT molecular complexity index is 1280. The maximum absolute atomic E-state index is 12.6. The molecule has 0 saturated carbocycles. The number of hydrogen-bond acceptors (Lipinski definition) is 4. The number of carbonyl (C=O) groups is 2. The lowest BCUT2D eigenvalue weighted by molar-refractivity contribution is -0.152. The SMILES string of the molecule is Cc1cc(C)c(NC(=O)[C@H](C)OC(=O)Cc2coc3ccc4ccccc4c23)c(C)c1. The van der Waals surface area contributed by atoms with Crippen LogP contribution in [0.2, 0.25) is 0 Å². The molecular weight excluding hydrogens is 390 g/mol. The minimum atomic E-state index is -0.914. The largest absolute Gasteiger partial charge is 0.464 e. The predicted molar refractivity (Wildman–Crippen MR) is 122 cm³/mol. The monoisotopic (exact) mass is 415 g/mol. The van der Waals surface area contributed by atoms with E-state index in [1.165, 1.54) is 0 Å². The number of nitrogens with one attached hydrogen (secondary N) is 1. The van der Waals surface area contributed by atoms with Crippen LogP contribution in [0, 0.1) is 20.8 Å². The van der Waals surface area contributed by atoms with Crippen molar-refractivity contribution in [1.29, 1.82) is 0 Å². The molecule has 0 bridgehead atoms. The summed E-state index contributed by atoms with van der Waals surface area (Å²) >= 11 is 0. The molecule has 0 aliphatic carbocycles. The summed E-state index contributed by atoms with van der Waals surface area (Å²) in [5, 5.41) is 5.88. The molecule has 4 rings (SSSR count). The third kappa shape index (κ3) is 4.17. The normalized spacial score (nSPS) is 12.1. The highest BCUT2D eigenvalue weighted by molar-refractivity contribution is 6.08. The number of aryl methyl sites for hydroxylation is 3. The molecule has 4 aromatic rings. The summed E-state index contributed by atoms with van der Waals surface area (Å²) in [5.74, 6) is -0.832. The Morgan fingerprint density at radius 1 is 1.03 bits per heavy atom. The van der Waals surface area contributed by atoms with Crippen LogP contribution in [0.3, 0.4) is 0 Å². The number of ether oxygens (including phenoxy) is 1. The van der Waals surface area contributed by atoms with Crippen LogP contribution in [0.5, 0.6) is 0 Å². The fourth-order valence-corrected chi connectivity index (χ4v) is 4.05. The molecule has 1 N–H and O–H groups in total. The lowest BCUT2D eigenvalue weighted by atomic mass is 10.0. The Morgan fingerprint density at radius 2 is 1.74 bits per heavy atom. The molecule has 1 atom stereocenters. The van der Waals surface area contributed by atoms with Gasteiger partial charge in [0, 0.05) is 16.6 Å². The van der Waals surface area contributed by atoms with Crippen molar-refractivity contribution in [2.45, 2.75) is 40.2 Å². The molecule has 0 fully saturated rings. The summed E-state index contributed by atoms with van der Waals surface area (Å²) in [6.45, 7) is 7.48. The molecule has 158 valence electrons.